The summed E-state index contributed by atoms with van der Waals surface area (Å²) in [5.74, 6) is 1.18. The van der Waals surface area contributed by atoms with Crippen LogP contribution in [-0.2, 0) is 11.3 Å². The number of aromatic nitrogens is 1. The molecule has 4 rings (SSSR count). The fourth-order valence-electron chi connectivity index (χ4n) is 3.74. The molecule has 2 saturated heterocycles. The number of nitrogens with zero attached hydrogens (tertiary/aromatic N) is 3. The van der Waals surface area contributed by atoms with Crippen molar-refractivity contribution in [1.82, 2.24) is 14.8 Å². The van der Waals surface area contributed by atoms with Crippen LogP contribution >= 0.6 is 0 Å². The molecule has 4 nitrogen and oxygen atoms in total. The molecule has 20 heavy (non-hydrogen) atoms. The standard InChI is InChI=1S/C16H21N3O/c20-16-9-15-14(19(16)11-12-1-2-12)5-8-18(15)10-13-3-6-17-7-4-13/h3-4,6-7,12,14-15H,1-2,5,8-11H2/t14-,15+/m0/s1. The fraction of sp³-hybridized carbons (Fsp3) is 0.625. The van der Waals surface area contributed by atoms with Crippen molar-refractivity contribution < 1.29 is 4.79 Å². The van der Waals surface area contributed by atoms with Gasteiger partial charge in [0.05, 0.1) is 0 Å². The molecule has 1 aromatic heterocycles. The van der Waals surface area contributed by atoms with Gasteiger partial charge in [-0.3, -0.25) is 14.7 Å². The molecule has 1 aromatic rings. The zero-order valence-electron chi connectivity index (χ0n) is 11.7. The summed E-state index contributed by atoms with van der Waals surface area (Å²) in [4.78, 5) is 21.0. The highest BCUT2D eigenvalue weighted by Gasteiger charge is 2.47. The van der Waals surface area contributed by atoms with Gasteiger partial charge in [0.25, 0.3) is 0 Å². The number of rotatable bonds is 4. The summed E-state index contributed by atoms with van der Waals surface area (Å²) in [7, 11) is 0. The van der Waals surface area contributed by atoms with Gasteiger partial charge < -0.3 is 4.90 Å². The number of hydrogen-bond donors (Lipinski definition) is 0. The Labute approximate surface area is 119 Å². The van der Waals surface area contributed by atoms with Crippen molar-refractivity contribution in [2.24, 2.45) is 5.92 Å². The molecule has 3 aliphatic rings. The van der Waals surface area contributed by atoms with Crippen LogP contribution in [0.2, 0.25) is 0 Å². The van der Waals surface area contributed by atoms with E-state index >= 15 is 0 Å². The van der Waals surface area contributed by atoms with Crippen molar-refractivity contribution in [2.45, 2.75) is 44.3 Å². The molecule has 3 fully saturated rings. The van der Waals surface area contributed by atoms with Crippen molar-refractivity contribution in [3.63, 3.8) is 0 Å². The predicted octanol–water partition coefficient (Wildman–Crippen LogP) is 1.67. The molecule has 0 radical (unpaired) electrons. The molecule has 2 atom stereocenters. The van der Waals surface area contributed by atoms with Crippen LogP contribution in [0.25, 0.3) is 0 Å². The maximum Gasteiger partial charge on any atom is 0.224 e. The third-order valence-corrected chi connectivity index (χ3v) is 5.02. The van der Waals surface area contributed by atoms with E-state index in [-0.39, 0.29) is 0 Å². The molecule has 0 bridgehead atoms. The molecular formula is C16H21N3O. The van der Waals surface area contributed by atoms with Gasteiger partial charge in [0, 0.05) is 50.5 Å². The maximum absolute atomic E-state index is 12.2. The second-order valence-electron chi connectivity index (χ2n) is 6.44. The topological polar surface area (TPSA) is 36.4 Å². The van der Waals surface area contributed by atoms with E-state index in [1.54, 1.807) is 0 Å². The monoisotopic (exact) mass is 271 g/mol. The van der Waals surface area contributed by atoms with Crippen molar-refractivity contribution in [1.29, 1.82) is 0 Å². The summed E-state index contributed by atoms with van der Waals surface area (Å²) in [6, 6.07) is 5.07. The molecule has 1 aliphatic carbocycles. The lowest BCUT2D eigenvalue weighted by molar-refractivity contribution is -0.129. The zero-order chi connectivity index (χ0) is 13.5. The summed E-state index contributed by atoms with van der Waals surface area (Å²) in [5.41, 5.74) is 1.30. The Morgan fingerprint density at radius 1 is 1.15 bits per heavy atom. The second-order valence-corrected chi connectivity index (χ2v) is 6.44. The first-order valence-corrected chi connectivity index (χ1v) is 7.73. The highest BCUT2D eigenvalue weighted by Crippen LogP contribution is 2.37. The first-order chi connectivity index (χ1) is 9.81. The van der Waals surface area contributed by atoms with Gasteiger partial charge in [-0.1, -0.05) is 0 Å². The van der Waals surface area contributed by atoms with Crippen LogP contribution in [0, 0.1) is 5.92 Å². The Hall–Kier alpha value is -1.42. The lowest BCUT2D eigenvalue weighted by Gasteiger charge is -2.25. The van der Waals surface area contributed by atoms with Crippen molar-refractivity contribution >= 4 is 5.91 Å². The van der Waals surface area contributed by atoms with E-state index in [9.17, 15) is 4.79 Å². The van der Waals surface area contributed by atoms with Crippen LogP contribution in [0.3, 0.4) is 0 Å². The van der Waals surface area contributed by atoms with Crippen LogP contribution < -0.4 is 0 Å². The summed E-state index contributed by atoms with van der Waals surface area (Å²) >= 11 is 0. The molecule has 3 heterocycles. The van der Waals surface area contributed by atoms with Crippen LogP contribution in [0.4, 0.5) is 0 Å². The van der Waals surface area contributed by atoms with Crippen molar-refractivity contribution in [2.75, 3.05) is 13.1 Å². The molecular weight excluding hydrogens is 250 g/mol. The molecule has 1 amide bonds. The van der Waals surface area contributed by atoms with Gasteiger partial charge in [-0.15, -0.1) is 0 Å². The van der Waals surface area contributed by atoms with Crippen molar-refractivity contribution in [3.05, 3.63) is 30.1 Å². The minimum absolute atomic E-state index is 0.381. The Kier molecular flexibility index (Phi) is 2.99. The summed E-state index contributed by atoms with van der Waals surface area (Å²) < 4.78 is 0. The first kappa shape index (κ1) is 12.3. The SMILES string of the molecule is O=C1C[C@@H]2[C@H](CCN2Cc2ccncc2)N1CC1CC1. The minimum Gasteiger partial charge on any atom is -0.338 e. The predicted molar refractivity (Wildman–Crippen MR) is 75.9 cm³/mol. The highest BCUT2D eigenvalue weighted by atomic mass is 16.2. The Bertz CT molecular complexity index is 500. The molecule has 4 heteroatoms. The molecule has 0 unspecified atom stereocenters. The van der Waals surface area contributed by atoms with Gasteiger partial charge in [-0.25, -0.2) is 0 Å². The summed E-state index contributed by atoms with van der Waals surface area (Å²) in [6.07, 6.45) is 8.21. The van der Waals surface area contributed by atoms with Gasteiger partial charge >= 0.3 is 0 Å². The number of amides is 1. The van der Waals surface area contributed by atoms with E-state index in [0.717, 1.165) is 38.4 Å². The van der Waals surface area contributed by atoms with Crippen molar-refractivity contribution in [3.8, 4) is 0 Å². The van der Waals surface area contributed by atoms with E-state index in [4.69, 9.17) is 0 Å². The van der Waals surface area contributed by atoms with Crippen LogP contribution in [0.15, 0.2) is 24.5 Å². The van der Waals surface area contributed by atoms with E-state index in [1.807, 2.05) is 12.4 Å². The van der Waals surface area contributed by atoms with Gasteiger partial charge in [-0.05, 0) is 42.9 Å². The van der Waals surface area contributed by atoms with Crippen LogP contribution in [0.1, 0.15) is 31.2 Å². The number of pyridine rings is 1. The van der Waals surface area contributed by atoms with Crippen LogP contribution in [-0.4, -0.2) is 45.9 Å². The molecule has 106 valence electrons. The highest BCUT2D eigenvalue weighted by molar-refractivity contribution is 5.80. The summed E-state index contributed by atoms with van der Waals surface area (Å²) in [6.45, 7) is 3.09. The van der Waals surface area contributed by atoms with E-state index < -0.39 is 0 Å². The average molecular weight is 271 g/mol. The molecule has 0 N–H and O–H groups in total. The quantitative estimate of drug-likeness (QED) is 0.836. The molecule has 2 aliphatic heterocycles. The fourth-order valence-corrected chi connectivity index (χ4v) is 3.74. The lowest BCUT2D eigenvalue weighted by atomic mass is 10.1. The van der Waals surface area contributed by atoms with E-state index in [2.05, 4.69) is 26.9 Å². The molecule has 0 aromatic carbocycles. The second kappa shape index (κ2) is 4.85. The minimum atomic E-state index is 0.381. The van der Waals surface area contributed by atoms with E-state index in [0.29, 0.717) is 18.0 Å². The normalized spacial score (nSPS) is 30.0. The Morgan fingerprint density at radius 3 is 2.70 bits per heavy atom. The lowest BCUT2D eigenvalue weighted by Crippen LogP contribution is -2.38. The Morgan fingerprint density at radius 2 is 1.95 bits per heavy atom. The number of likely N-dealkylation sites (tertiary alicyclic amines) is 2. The van der Waals surface area contributed by atoms with Gasteiger partial charge in [0.15, 0.2) is 0 Å². The summed E-state index contributed by atoms with van der Waals surface area (Å²) in [5, 5.41) is 0. The number of fused-ring (bicyclic) bond motifs is 1. The maximum atomic E-state index is 12.2. The average Bonchev–Trinajstić information content (AvgIpc) is 3.13. The number of carbonyl (C=O) groups excluding carboxylic acids is 1. The Balaban J connectivity index is 1.45. The number of carbonyl (C=O) groups is 1. The largest absolute Gasteiger partial charge is 0.338 e. The van der Waals surface area contributed by atoms with Gasteiger partial charge in [0.2, 0.25) is 5.91 Å². The third kappa shape index (κ3) is 2.22. The first-order valence-electron chi connectivity index (χ1n) is 7.73. The smallest absolute Gasteiger partial charge is 0.224 e. The van der Waals surface area contributed by atoms with E-state index in [1.165, 1.54) is 18.4 Å². The van der Waals surface area contributed by atoms with Crippen LogP contribution in [0.5, 0.6) is 0 Å². The van der Waals surface area contributed by atoms with Gasteiger partial charge in [-0.2, -0.15) is 0 Å². The molecule has 0 spiro atoms. The molecule has 1 saturated carbocycles. The number of hydrogen-bond acceptors (Lipinski definition) is 3. The zero-order valence-corrected chi connectivity index (χ0v) is 11.7. The third-order valence-electron chi connectivity index (χ3n) is 5.02. The van der Waals surface area contributed by atoms with Gasteiger partial charge in [0.1, 0.15) is 0 Å².